The SMILES string of the molecule is CCCCC(CC)COC(=O)Nc1nc(-c2ccc(OC)c(C)c2)c(C)s1. The molecule has 2 rings (SSSR count). The zero-order valence-corrected chi connectivity index (χ0v) is 17.7. The number of hydrogen-bond donors (Lipinski definition) is 1. The lowest BCUT2D eigenvalue weighted by molar-refractivity contribution is 0.136. The number of aromatic nitrogens is 1. The molecule has 6 heteroatoms. The number of aryl methyl sites for hydroxylation is 2. The molecule has 5 nitrogen and oxygen atoms in total. The van der Waals surface area contributed by atoms with Crippen LogP contribution in [0.25, 0.3) is 11.3 Å². The van der Waals surface area contributed by atoms with Crippen molar-refractivity contribution in [2.75, 3.05) is 19.0 Å². The van der Waals surface area contributed by atoms with Crippen LogP contribution in [-0.4, -0.2) is 24.8 Å². The van der Waals surface area contributed by atoms with Gasteiger partial charge in [-0.15, -0.1) is 11.3 Å². The number of unbranched alkanes of at least 4 members (excludes halogenated alkanes) is 1. The molecule has 1 aromatic heterocycles. The minimum absolute atomic E-state index is 0.423. The van der Waals surface area contributed by atoms with Crippen molar-refractivity contribution in [1.82, 2.24) is 4.98 Å². The summed E-state index contributed by atoms with van der Waals surface area (Å²) in [7, 11) is 1.66. The quantitative estimate of drug-likeness (QED) is 0.554. The van der Waals surface area contributed by atoms with Crippen molar-refractivity contribution in [3.63, 3.8) is 0 Å². The molecule has 2 aromatic rings. The lowest BCUT2D eigenvalue weighted by atomic mass is 10.0. The molecule has 0 saturated carbocycles. The number of thiazole rings is 1. The Hall–Kier alpha value is -2.08. The average Bonchev–Trinajstić information content (AvgIpc) is 3.01. The van der Waals surface area contributed by atoms with Gasteiger partial charge in [-0.1, -0.05) is 33.1 Å². The van der Waals surface area contributed by atoms with Gasteiger partial charge in [0.15, 0.2) is 5.13 Å². The summed E-state index contributed by atoms with van der Waals surface area (Å²) in [5.74, 6) is 1.27. The fourth-order valence-electron chi connectivity index (χ4n) is 2.96. The van der Waals surface area contributed by atoms with Crippen LogP contribution in [0.5, 0.6) is 5.75 Å². The van der Waals surface area contributed by atoms with Crippen LogP contribution in [0, 0.1) is 19.8 Å². The van der Waals surface area contributed by atoms with Crippen LogP contribution in [0.2, 0.25) is 0 Å². The van der Waals surface area contributed by atoms with Crippen molar-refractivity contribution in [3.8, 4) is 17.0 Å². The van der Waals surface area contributed by atoms with Crippen molar-refractivity contribution in [2.45, 2.75) is 53.4 Å². The second-order valence-corrected chi connectivity index (χ2v) is 7.95. The summed E-state index contributed by atoms with van der Waals surface area (Å²) in [6, 6.07) is 5.96. The van der Waals surface area contributed by atoms with E-state index in [-0.39, 0.29) is 0 Å². The van der Waals surface area contributed by atoms with E-state index in [1.165, 1.54) is 17.8 Å². The summed E-state index contributed by atoms with van der Waals surface area (Å²) < 4.78 is 10.7. The number of benzene rings is 1. The molecule has 0 radical (unpaired) electrons. The van der Waals surface area contributed by atoms with E-state index >= 15 is 0 Å². The predicted molar refractivity (Wildman–Crippen MR) is 112 cm³/mol. The molecule has 1 aromatic carbocycles. The Kier molecular flexibility index (Phi) is 8.10. The molecule has 0 aliphatic heterocycles. The molecular formula is C21H30N2O3S. The summed E-state index contributed by atoms with van der Waals surface area (Å²) in [5, 5.41) is 3.33. The fourth-order valence-corrected chi connectivity index (χ4v) is 3.78. The monoisotopic (exact) mass is 390 g/mol. The van der Waals surface area contributed by atoms with E-state index in [1.54, 1.807) is 7.11 Å². The normalized spacial score (nSPS) is 11.9. The first-order valence-electron chi connectivity index (χ1n) is 9.54. The zero-order chi connectivity index (χ0) is 19.8. The molecule has 0 aliphatic rings. The van der Waals surface area contributed by atoms with E-state index < -0.39 is 6.09 Å². The smallest absolute Gasteiger partial charge is 0.413 e. The van der Waals surface area contributed by atoms with Crippen LogP contribution in [0.3, 0.4) is 0 Å². The average molecular weight is 391 g/mol. The molecule has 0 saturated heterocycles. The first-order chi connectivity index (χ1) is 13.0. The van der Waals surface area contributed by atoms with Crippen molar-refractivity contribution >= 4 is 22.6 Å². The number of anilines is 1. The van der Waals surface area contributed by atoms with Crippen molar-refractivity contribution in [2.24, 2.45) is 5.92 Å². The Morgan fingerprint density at radius 2 is 2.07 bits per heavy atom. The minimum atomic E-state index is -0.434. The highest BCUT2D eigenvalue weighted by molar-refractivity contribution is 7.16. The Morgan fingerprint density at radius 1 is 1.30 bits per heavy atom. The second-order valence-electron chi connectivity index (χ2n) is 6.75. The second kappa shape index (κ2) is 10.3. The third-order valence-corrected chi connectivity index (χ3v) is 5.55. The van der Waals surface area contributed by atoms with Gasteiger partial charge in [0, 0.05) is 10.4 Å². The van der Waals surface area contributed by atoms with Gasteiger partial charge in [-0.3, -0.25) is 5.32 Å². The highest BCUT2D eigenvalue weighted by Gasteiger charge is 2.15. The van der Waals surface area contributed by atoms with Crippen LogP contribution in [-0.2, 0) is 4.74 Å². The summed E-state index contributed by atoms with van der Waals surface area (Å²) >= 11 is 1.45. The first-order valence-corrected chi connectivity index (χ1v) is 10.4. The first kappa shape index (κ1) is 21.2. The minimum Gasteiger partial charge on any atom is -0.496 e. The van der Waals surface area contributed by atoms with E-state index in [9.17, 15) is 4.79 Å². The number of carbonyl (C=O) groups is 1. The van der Waals surface area contributed by atoms with E-state index in [4.69, 9.17) is 9.47 Å². The molecule has 0 spiro atoms. The number of nitrogens with zero attached hydrogens (tertiary/aromatic N) is 1. The Bertz CT molecular complexity index is 758. The van der Waals surface area contributed by atoms with E-state index in [0.29, 0.717) is 17.7 Å². The topological polar surface area (TPSA) is 60.5 Å². The highest BCUT2D eigenvalue weighted by atomic mass is 32.1. The van der Waals surface area contributed by atoms with Crippen molar-refractivity contribution in [3.05, 3.63) is 28.6 Å². The van der Waals surface area contributed by atoms with Gasteiger partial charge in [0.2, 0.25) is 0 Å². The molecule has 0 aliphatic carbocycles. The number of nitrogens with one attached hydrogen (secondary N) is 1. The zero-order valence-electron chi connectivity index (χ0n) is 16.9. The lowest BCUT2D eigenvalue weighted by Crippen LogP contribution is -2.18. The molecule has 0 bridgehead atoms. The predicted octanol–water partition coefficient (Wildman–Crippen LogP) is 6.20. The molecule has 1 N–H and O–H groups in total. The maximum atomic E-state index is 12.1. The molecule has 1 atom stereocenters. The van der Waals surface area contributed by atoms with Crippen LogP contribution in [0.4, 0.5) is 9.93 Å². The number of methoxy groups -OCH3 is 1. The maximum absolute atomic E-state index is 12.1. The fraction of sp³-hybridized carbons (Fsp3) is 0.524. The molecule has 1 amide bonds. The number of amides is 1. The number of hydrogen-bond acceptors (Lipinski definition) is 5. The standard InChI is InChI=1S/C21H30N2O3S/c1-6-8-9-16(7-2)13-26-21(24)23-20-22-19(15(4)27-20)17-10-11-18(25-5)14(3)12-17/h10-12,16H,6-9,13H2,1-5H3,(H,22,23,24). The van der Waals surface area contributed by atoms with Gasteiger partial charge in [0.1, 0.15) is 5.75 Å². The van der Waals surface area contributed by atoms with Crippen LogP contribution >= 0.6 is 11.3 Å². The van der Waals surface area contributed by atoms with Crippen LogP contribution in [0.1, 0.15) is 50.0 Å². The molecule has 148 valence electrons. The van der Waals surface area contributed by atoms with Gasteiger partial charge in [-0.2, -0.15) is 0 Å². The van der Waals surface area contributed by atoms with Gasteiger partial charge >= 0.3 is 6.09 Å². The van der Waals surface area contributed by atoms with Gasteiger partial charge in [-0.05, 0) is 49.9 Å². The van der Waals surface area contributed by atoms with Crippen LogP contribution in [0.15, 0.2) is 18.2 Å². The van der Waals surface area contributed by atoms with E-state index in [1.807, 2.05) is 32.0 Å². The maximum Gasteiger partial charge on any atom is 0.413 e. The van der Waals surface area contributed by atoms with Crippen molar-refractivity contribution < 1.29 is 14.3 Å². The van der Waals surface area contributed by atoms with Gasteiger partial charge in [-0.25, -0.2) is 9.78 Å². The molecule has 1 heterocycles. The molecule has 0 fully saturated rings. The highest BCUT2D eigenvalue weighted by Crippen LogP contribution is 2.32. The Balaban J connectivity index is 1.99. The number of ether oxygens (including phenoxy) is 2. The Morgan fingerprint density at radius 3 is 2.70 bits per heavy atom. The molecular weight excluding hydrogens is 360 g/mol. The summed E-state index contributed by atoms with van der Waals surface area (Å²) in [4.78, 5) is 17.7. The largest absolute Gasteiger partial charge is 0.496 e. The number of carbonyl (C=O) groups excluding carboxylic acids is 1. The van der Waals surface area contributed by atoms with Crippen molar-refractivity contribution in [1.29, 1.82) is 0 Å². The van der Waals surface area contributed by atoms with Gasteiger partial charge in [0.05, 0.1) is 19.4 Å². The summed E-state index contributed by atoms with van der Waals surface area (Å²) in [5.41, 5.74) is 2.93. The Labute approximate surface area is 166 Å². The summed E-state index contributed by atoms with van der Waals surface area (Å²) in [6.45, 7) is 8.77. The van der Waals surface area contributed by atoms with E-state index in [0.717, 1.165) is 46.7 Å². The van der Waals surface area contributed by atoms with Gasteiger partial charge in [0.25, 0.3) is 0 Å². The van der Waals surface area contributed by atoms with Gasteiger partial charge < -0.3 is 9.47 Å². The lowest BCUT2D eigenvalue weighted by Gasteiger charge is -2.14. The third kappa shape index (κ3) is 5.96. The van der Waals surface area contributed by atoms with Crippen LogP contribution < -0.4 is 10.1 Å². The number of rotatable bonds is 9. The summed E-state index contributed by atoms with van der Waals surface area (Å²) in [6.07, 6.45) is 4.01. The molecule has 27 heavy (non-hydrogen) atoms. The third-order valence-electron chi connectivity index (χ3n) is 4.67. The van der Waals surface area contributed by atoms with E-state index in [2.05, 4.69) is 24.1 Å². The molecule has 1 unspecified atom stereocenters.